The van der Waals surface area contributed by atoms with Crippen molar-refractivity contribution in [2.24, 2.45) is 0 Å². The molecule has 0 aromatic heterocycles. The van der Waals surface area contributed by atoms with Crippen molar-refractivity contribution in [1.82, 2.24) is 4.31 Å². The van der Waals surface area contributed by atoms with Gasteiger partial charge in [-0.2, -0.15) is 17.5 Å². The summed E-state index contributed by atoms with van der Waals surface area (Å²) in [6.45, 7) is -0.304. The van der Waals surface area contributed by atoms with Crippen LogP contribution < -0.4 is 0 Å². The molecule has 0 unspecified atom stereocenters. The minimum absolute atomic E-state index is 0.112. The van der Waals surface area contributed by atoms with Gasteiger partial charge in [-0.1, -0.05) is 36.4 Å². The van der Waals surface area contributed by atoms with Gasteiger partial charge in [0.1, 0.15) is 6.04 Å². The molecule has 0 saturated carbocycles. The third-order valence-electron chi connectivity index (χ3n) is 4.27. The van der Waals surface area contributed by atoms with Gasteiger partial charge >= 0.3 is 12.1 Å². The predicted octanol–water partition coefficient (Wildman–Crippen LogP) is 2.91. The van der Waals surface area contributed by atoms with Gasteiger partial charge in [0.05, 0.1) is 10.5 Å². The average Bonchev–Trinajstić information content (AvgIpc) is 2.59. The van der Waals surface area contributed by atoms with Gasteiger partial charge in [-0.25, -0.2) is 8.42 Å². The Kier molecular flexibility index (Phi) is 4.53. The van der Waals surface area contributed by atoms with Gasteiger partial charge in [0, 0.05) is 13.0 Å². The van der Waals surface area contributed by atoms with E-state index in [-0.39, 0.29) is 13.0 Å². The molecular formula is C17H14F3NO4S. The first kappa shape index (κ1) is 18.4. The molecule has 2 aromatic carbocycles. The van der Waals surface area contributed by atoms with Crippen molar-refractivity contribution in [3.63, 3.8) is 0 Å². The van der Waals surface area contributed by atoms with E-state index in [0.29, 0.717) is 21.5 Å². The summed E-state index contributed by atoms with van der Waals surface area (Å²) in [4.78, 5) is 10.7. The first-order valence-electron chi connectivity index (χ1n) is 7.60. The number of aliphatic carboxylic acids is 1. The number of fused-ring (bicyclic) bond motifs is 1. The molecule has 138 valence electrons. The quantitative estimate of drug-likeness (QED) is 0.882. The van der Waals surface area contributed by atoms with Crippen LogP contribution in [0.1, 0.15) is 16.7 Å². The highest BCUT2D eigenvalue weighted by Gasteiger charge is 2.44. The lowest BCUT2D eigenvalue weighted by molar-refractivity contribution is -0.141. The van der Waals surface area contributed by atoms with Crippen LogP contribution in [0.4, 0.5) is 13.2 Å². The molecule has 1 aliphatic heterocycles. The summed E-state index contributed by atoms with van der Waals surface area (Å²) in [5, 5.41) is 9.45. The van der Waals surface area contributed by atoms with Crippen molar-refractivity contribution in [3.8, 4) is 0 Å². The van der Waals surface area contributed by atoms with E-state index in [0.717, 1.165) is 12.1 Å². The third-order valence-corrected chi connectivity index (χ3v) is 6.18. The molecule has 1 aliphatic rings. The fraction of sp³-hybridized carbons (Fsp3) is 0.235. The highest BCUT2D eigenvalue weighted by Crippen LogP contribution is 2.37. The van der Waals surface area contributed by atoms with Crippen molar-refractivity contribution < 1.29 is 31.5 Å². The molecule has 5 nitrogen and oxygen atoms in total. The number of benzene rings is 2. The van der Waals surface area contributed by atoms with Crippen LogP contribution in [0.3, 0.4) is 0 Å². The maximum Gasteiger partial charge on any atom is 0.417 e. The Morgan fingerprint density at radius 2 is 1.62 bits per heavy atom. The Morgan fingerprint density at radius 3 is 2.23 bits per heavy atom. The maximum absolute atomic E-state index is 13.2. The summed E-state index contributed by atoms with van der Waals surface area (Å²) in [5.74, 6) is -1.41. The first-order chi connectivity index (χ1) is 12.1. The van der Waals surface area contributed by atoms with E-state index in [1.54, 1.807) is 24.3 Å². The number of rotatable bonds is 3. The Labute approximate surface area is 147 Å². The second kappa shape index (κ2) is 6.40. The summed E-state index contributed by atoms with van der Waals surface area (Å²) in [5.41, 5.74) is -0.0866. The summed E-state index contributed by atoms with van der Waals surface area (Å²) < 4.78 is 66.2. The van der Waals surface area contributed by atoms with Crippen molar-refractivity contribution in [1.29, 1.82) is 0 Å². The number of carboxylic acid groups (broad SMARTS) is 1. The van der Waals surface area contributed by atoms with Crippen molar-refractivity contribution in [2.45, 2.75) is 30.1 Å². The molecule has 0 aliphatic carbocycles. The maximum atomic E-state index is 13.2. The van der Waals surface area contributed by atoms with E-state index < -0.39 is 38.7 Å². The van der Waals surface area contributed by atoms with Gasteiger partial charge < -0.3 is 5.11 Å². The van der Waals surface area contributed by atoms with Crippen LogP contribution in [0, 0.1) is 0 Å². The fourth-order valence-corrected chi connectivity index (χ4v) is 4.79. The van der Waals surface area contributed by atoms with E-state index in [2.05, 4.69) is 0 Å². The van der Waals surface area contributed by atoms with Crippen LogP contribution in [-0.4, -0.2) is 29.8 Å². The zero-order chi connectivity index (χ0) is 19.1. The van der Waals surface area contributed by atoms with Crippen LogP contribution in [-0.2, 0) is 34.0 Å². The van der Waals surface area contributed by atoms with Gasteiger partial charge in [-0.15, -0.1) is 0 Å². The van der Waals surface area contributed by atoms with Crippen LogP contribution in [0.15, 0.2) is 53.4 Å². The van der Waals surface area contributed by atoms with Crippen molar-refractivity contribution in [3.05, 3.63) is 65.2 Å². The third kappa shape index (κ3) is 3.19. The molecule has 0 spiro atoms. The van der Waals surface area contributed by atoms with E-state index in [1.165, 1.54) is 6.07 Å². The van der Waals surface area contributed by atoms with Gasteiger partial charge in [0.15, 0.2) is 0 Å². The molecule has 1 heterocycles. The Hall–Kier alpha value is -2.39. The monoisotopic (exact) mass is 385 g/mol. The summed E-state index contributed by atoms with van der Waals surface area (Å²) >= 11 is 0. The lowest BCUT2D eigenvalue weighted by Gasteiger charge is -2.34. The van der Waals surface area contributed by atoms with Crippen LogP contribution in [0.2, 0.25) is 0 Å². The van der Waals surface area contributed by atoms with E-state index in [1.807, 2.05) is 0 Å². The number of sulfonamides is 1. The Morgan fingerprint density at radius 1 is 1.04 bits per heavy atom. The number of carboxylic acids is 1. The molecule has 3 rings (SSSR count). The molecule has 0 amide bonds. The number of alkyl halides is 3. The smallest absolute Gasteiger partial charge is 0.417 e. The minimum atomic E-state index is -4.88. The molecule has 1 atom stereocenters. The normalized spacial score (nSPS) is 18.3. The van der Waals surface area contributed by atoms with Crippen molar-refractivity contribution >= 4 is 16.0 Å². The molecular weight excluding hydrogens is 371 g/mol. The van der Waals surface area contributed by atoms with Crippen LogP contribution in [0.25, 0.3) is 0 Å². The summed E-state index contributed by atoms with van der Waals surface area (Å²) in [6, 6.07) is 8.96. The fourth-order valence-electron chi connectivity index (χ4n) is 3.01. The highest BCUT2D eigenvalue weighted by molar-refractivity contribution is 7.89. The molecule has 1 N–H and O–H groups in total. The predicted molar refractivity (Wildman–Crippen MR) is 85.7 cm³/mol. The topological polar surface area (TPSA) is 74.7 Å². The number of hydrogen-bond donors (Lipinski definition) is 1. The lowest BCUT2D eigenvalue weighted by Crippen LogP contribution is -2.48. The van der Waals surface area contributed by atoms with Crippen LogP contribution >= 0.6 is 0 Å². The standard InChI is InChI=1S/C17H14F3NO4S/c18-17(19,20)13-7-3-4-8-15(13)26(24,25)21-10-12-6-2-1-5-11(12)9-14(21)16(22)23/h1-8,14H,9-10H2,(H,22,23)/t14-/m1/s1. The van der Waals surface area contributed by atoms with E-state index in [4.69, 9.17) is 0 Å². The lowest BCUT2D eigenvalue weighted by atomic mass is 9.96. The molecule has 0 fully saturated rings. The van der Waals surface area contributed by atoms with Gasteiger partial charge in [0.2, 0.25) is 10.0 Å². The van der Waals surface area contributed by atoms with Crippen LogP contribution in [0.5, 0.6) is 0 Å². The number of carbonyl (C=O) groups is 1. The average molecular weight is 385 g/mol. The van der Waals surface area contributed by atoms with Gasteiger partial charge in [-0.3, -0.25) is 4.79 Å². The molecule has 0 bridgehead atoms. The number of halogens is 3. The first-order valence-corrected chi connectivity index (χ1v) is 9.04. The summed E-state index contributed by atoms with van der Waals surface area (Å²) in [6.07, 6.45) is -4.99. The minimum Gasteiger partial charge on any atom is -0.480 e. The Balaban J connectivity index is 2.14. The van der Waals surface area contributed by atoms with Crippen molar-refractivity contribution in [2.75, 3.05) is 0 Å². The molecule has 2 aromatic rings. The van der Waals surface area contributed by atoms with Gasteiger partial charge in [-0.05, 0) is 23.3 Å². The number of nitrogens with zero attached hydrogens (tertiary/aromatic N) is 1. The molecule has 26 heavy (non-hydrogen) atoms. The molecule has 0 saturated heterocycles. The molecule has 9 heteroatoms. The van der Waals surface area contributed by atoms with Gasteiger partial charge in [0.25, 0.3) is 0 Å². The molecule has 0 radical (unpaired) electrons. The largest absolute Gasteiger partial charge is 0.480 e. The zero-order valence-electron chi connectivity index (χ0n) is 13.3. The second-order valence-electron chi connectivity index (χ2n) is 5.87. The van der Waals surface area contributed by atoms with E-state index >= 15 is 0 Å². The summed E-state index contributed by atoms with van der Waals surface area (Å²) in [7, 11) is -4.68. The second-order valence-corrected chi connectivity index (χ2v) is 7.73. The zero-order valence-corrected chi connectivity index (χ0v) is 14.1. The number of hydrogen-bond acceptors (Lipinski definition) is 3. The Bertz CT molecular complexity index is 956. The highest BCUT2D eigenvalue weighted by atomic mass is 32.2. The van der Waals surface area contributed by atoms with E-state index in [9.17, 15) is 31.5 Å². The SMILES string of the molecule is O=C(O)[C@H]1Cc2ccccc2CN1S(=O)(=O)c1ccccc1C(F)(F)F.